The van der Waals surface area contributed by atoms with Gasteiger partial charge in [0.2, 0.25) is 5.91 Å². The SMILES string of the molecule is Cc1cc2nn(-c3ccc(Cl)cc3)nc2cc1NC(=O)/C=C/c1ccc(Cl)cc1. The average molecular weight is 423 g/mol. The summed E-state index contributed by atoms with van der Waals surface area (Å²) in [6.45, 7) is 1.92. The molecule has 0 radical (unpaired) electrons. The zero-order valence-corrected chi connectivity index (χ0v) is 16.9. The number of anilines is 1. The van der Waals surface area contributed by atoms with Crippen LogP contribution in [0.4, 0.5) is 5.69 Å². The number of fused-ring (bicyclic) bond motifs is 1. The molecule has 5 nitrogen and oxygen atoms in total. The van der Waals surface area contributed by atoms with E-state index < -0.39 is 0 Å². The van der Waals surface area contributed by atoms with E-state index in [0.717, 1.165) is 22.3 Å². The van der Waals surface area contributed by atoms with E-state index in [0.29, 0.717) is 21.2 Å². The molecule has 4 aromatic rings. The number of carbonyl (C=O) groups excluding carboxylic acids is 1. The molecule has 4 rings (SSSR count). The summed E-state index contributed by atoms with van der Waals surface area (Å²) in [5.41, 5.74) is 4.71. The van der Waals surface area contributed by atoms with Gasteiger partial charge in [0.1, 0.15) is 11.0 Å². The normalized spacial score (nSPS) is 11.3. The van der Waals surface area contributed by atoms with Gasteiger partial charge in [0.15, 0.2) is 0 Å². The van der Waals surface area contributed by atoms with Gasteiger partial charge in [0, 0.05) is 21.8 Å². The van der Waals surface area contributed by atoms with Gasteiger partial charge >= 0.3 is 0 Å². The monoisotopic (exact) mass is 422 g/mol. The number of aryl methyl sites for hydroxylation is 1. The third kappa shape index (κ3) is 4.47. The highest BCUT2D eigenvalue weighted by atomic mass is 35.5. The summed E-state index contributed by atoms with van der Waals surface area (Å²) in [6.07, 6.45) is 3.22. The standard InChI is InChI=1S/C22H16Cl2N4O/c1-14-12-20-21(27-28(26-20)18-9-7-17(24)8-10-18)13-19(14)25-22(29)11-4-15-2-5-16(23)6-3-15/h2-13H,1H3,(H,25,29)/b11-4+. The quantitative estimate of drug-likeness (QED) is 0.429. The number of amides is 1. The second-order valence-corrected chi connectivity index (χ2v) is 7.37. The van der Waals surface area contributed by atoms with E-state index in [-0.39, 0.29) is 5.91 Å². The first-order chi connectivity index (χ1) is 14.0. The Balaban J connectivity index is 1.55. The van der Waals surface area contributed by atoms with E-state index in [2.05, 4.69) is 15.5 Å². The third-order valence-electron chi connectivity index (χ3n) is 4.34. The first-order valence-electron chi connectivity index (χ1n) is 8.86. The number of rotatable bonds is 4. The summed E-state index contributed by atoms with van der Waals surface area (Å²) in [5, 5.41) is 13.2. The van der Waals surface area contributed by atoms with Crippen LogP contribution in [-0.2, 0) is 4.79 Å². The molecule has 1 N–H and O–H groups in total. The molecule has 29 heavy (non-hydrogen) atoms. The summed E-state index contributed by atoms with van der Waals surface area (Å²) >= 11 is 11.8. The highest BCUT2D eigenvalue weighted by molar-refractivity contribution is 6.30. The second kappa shape index (κ2) is 8.07. The van der Waals surface area contributed by atoms with Gasteiger partial charge in [-0.25, -0.2) is 0 Å². The van der Waals surface area contributed by atoms with Crippen LogP contribution >= 0.6 is 23.2 Å². The van der Waals surface area contributed by atoms with Crippen LogP contribution in [0.2, 0.25) is 10.0 Å². The molecule has 0 saturated carbocycles. The van der Waals surface area contributed by atoms with Gasteiger partial charge < -0.3 is 5.32 Å². The summed E-state index contributed by atoms with van der Waals surface area (Å²) in [4.78, 5) is 13.9. The highest BCUT2D eigenvalue weighted by Crippen LogP contribution is 2.23. The second-order valence-electron chi connectivity index (χ2n) is 6.50. The van der Waals surface area contributed by atoms with Crippen LogP contribution in [0.5, 0.6) is 0 Å². The van der Waals surface area contributed by atoms with E-state index in [1.165, 1.54) is 6.08 Å². The van der Waals surface area contributed by atoms with Gasteiger partial charge in [0.25, 0.3) is 0 Å². The molecule has 0 bridgehead atoms. The smallest absolute Gasteiger partial charge is 0.248 e. The predicted octanol–water partition coefficient (Wildman–Crippen LogP) is 5.69. The number of hydrogen-bond donors (Lipinski definition) is 1. The maximum atomic E-state index is 12.3. The van der Waals surface area contributed by atoms with Crippen molar-refractivity contribution in [1.82, 2.24) is 15.0 Å². The Hall–Kier alpha value is -3.15. The fourth-order valence-electron chi connectivity index (χ4n) is 2.81. The lowest BCUT2D eigenvalue weighted by molar-refractivity contribution is -0.111. The minimum atomic E-state index is -0.229. The number of hydrogen-bond acceptors (Lipinski definition) is 3. The largest absolute Gasteiger partial charge is 0.322 e. The van der Waals surface area contributed by atoms with Crippen molar-refractivity contribution in [2.24, 2.45) is 0 Å². The molecule has 0 aliphatic carbocycles. The molecule has 1 amide bonds. The lowest BCUT2D eigenvalue weighted by atomic mass is 10.1. The third-order valence-corrected chi connectivity index (χ3v) is 4.84. The molecule has 0 aliphatic rings. The zero-order valence-electron chi connectivity index (χ0n) is 15.4. The van der Waals surface area contributed by atoms with Crippen molar-refractivity contribution in [1.29, 1.82) is 0 Å². The molecule has 0 unspecified atom stereocenters. The van der Waals surface area contributed by atoms with Crippen molar-refractivity contribution in [2.75, 3.05) is 5.32 Å². The number of carbonyl (C=O) groups is 1. The Morgan fingerprint density at radius 2 is 1.52 bits per heavy atom. The lowest BCUT2D eigenvalue weighted by Gasteiger charge is -2.05. The van der Waals surface area contributed by atoms with Crippen molar-refractivity contribution in [3.63, 3.8) is 0 Å². The maximum Gasteiger partial charge on any atom is 0.248 e. The Labute approximate surface area is 177 Å². The minimum absolute atomic E-state index is 0.229. The molecular weight excluding hydrogens is 407 g/mol. The molecule has 1 heterocycles. The van der Waals surface area contributed by atoms with Crippen molar-refractivity contribution in [2.45, 2.75) is 6.92 Å². The van der Waals surface area contributed by atoms with Crippen LogP contribution in [0.3, 0.4) is 0 Å². The minimum Gasteiger partial charge on any atom is -0.322 e. The van der Waals surface area contributed by atoms with E-state index in [9.17, 15) is 4.79 Å². The number of nitrogens with zero attached hydrogens (tertiary/aromatic N) is 3. The van der Waals surface area contributed by atoms with Crippen molar-refractivity contribution in [3.8, 4) is 5.69 Å². The van der Waals surface area contributed by atoms with Gasteiger partial charge in [-0.3, -0.25) is 4.79 Å². The van der Waals surface area contributed by atoms with Crippen molar-refractivity contribution >= 4 is 51.9 Å². The summed E-state index contributed by atoms with van der Waals surface area (Å²) in [7, 11) is 0. The van der Waals surface area contributed by atoms with Crippen LogP contribution < -0.4 is 5.32 Å². The van der Waals surface area contributed by atoms with E-state index >= 15 is 0 Å². The first kappa shape index (κ1) is 19.2. The number of aromatic nitrogens is 3. The van der Waals surface area contributed by atoms with Gasteiger partial charge in [0.05, 0.1) is 5.69 Å². The number of nitrogens with one attached hydrogen (secondary N) is 1. The number of halogens is 2. The fraction of sp³-hybridized carbons (Fsp3) is 0.0455. The van der Waals surface area contributed by atoms with Gasteiger partial charge in [-0.2, -0.15) is 4.80 Å². The Bertz CT molecular complexity index is 1210. The topological polar surface area (TPSA) is 59.8 Å². The molecule has 144 valence electrons. The molecule has 0 fully saturated rings. The fourth-order valence-corrected chi connectivity index (χ4v) is 3.06. The molecule has 0 atom stereocenters. The lowest BCUT2D eigenvalue weighted by Crippen LogP contribution is -2.08. The molecule has 7 heteroatoms. The van der Waals surface area contributed by atoms with E-state index in [4.69, 9.17) is 23.2 Å². The van der Waals surface area contributed by atoms with Crippen molar-refractivity contribution < 1.29 is 4.79 Å². The Kier molecular flexibility index (Phi) is 5.34. The summed E-state index contributed by atoms with van der Waals surface area (Å²) in [6, 6.07) is 18.2. The Morgan fingerprint density at radius 1 is 0.931 bits per heavy atom. The van der Waals surface area contributed by atoms with Crippen LogP contribution in [0, 0.1) is 6.92 Å². The molecular formula is C22H16Cl2N4O. The van der Waals surface area contributed by atoms with Crippen LogP contribution in [0.1, 0.15) is 11.1 Å². The van der Waals surface area contributed by atoms with E-state index in [1.807, 2.05) is 43.3 Å². The van der Waals surface area contributed by atoms with Gasteiger partial charge in [-0.1, -0.05) is 35.3 Å². The molecule has 3 aromatic carbocycles. The number of benzene rings is 3. The first-order valence-corrected chi connectivity index (χ1v) is 9.62. The molecule has 0 aliphatic heterocycles. The zero-order chi connectivity index (χ0) is 20.4. The summed E-state index contributed by atoms with van der Waals surface area (Å²) in [5.74, 6) is -0.229. The molecule has 0 saturated heterocycles. The van der Waals surface area contributed by atoms with Crippen LogP contribution in [-0.4, -0.2) is 20.9 Å². The van der Waals surface area contributed by atoms with Crippen molar-refractivity contribution in [3.05, 3.63) is 87.9 Å². The Morgan fingerprint density at radius 3 is 2.17 bits per heavy atom. The molecule has 0 spiro atoms. The molecule has 1 aromatic heterocycles. The van der Waals surface area contributed by atoms with Gasteiger partial charge in [-0.05, 0) is 72.7 Å². The highest BCUT2D eigenvalue weighted by Gasteiger charge is 2.10. The predicted molar refractivity (Wildman–Crippen MR) is 118 cm³/mol. The maximum absolute atomic E-state index is 12.3. The van der Waals surface area contributed by atoms with Crippen LogP contribution in [0.25, 0.3) is 22.8 Å². The van der Waals surface area contributed by atoms with Gasteiger partial charge in [-0.15, -0.1) is 10.2 Å². The van der Waals surface area contributed by atoms with E-state index in [1.54, 1.807) is 35.1 Å². The van der Waals surface area contributed by atoms with Crippen LogP contribution in [0.15, 0.2) is 66.7 Å². The average Bonchev–Trinajstić information content (AvgIpc) is 3.11. The summed E-state index contributed by atoms with van der Waals surface area (Å²) < 4.78 is 0.